The zero-order valence-electron chi connectivity index (χ0n) is 15.8. The van der Waals surface area contributed by atoms with E-state index >= 15 is 0 Å². The molecule has 30 heavy (non-hydrogen) atoms. The van der Waals surface area contributed by atoms with Gasteiger partial charge < -0.3 is 32.6 Å². The van der Waals surface area contributed by atoms with Crippen LogP contribution in [0, 0.1) is 0 Å². The highest BCUT2D eigenvalue weighted by Crippen LogP contribution is 2.36. The van der Waals surface area contributed by atoms with Crippen molar-refractivity contribution in [3.05, 3.63) is 41.7 Å². The number of benzene rings is 2. The molecule has 0 amide bonds. The second kappa shape index (κ2) is 8.59. The van der Waals surface area contributed by atoms with Gasteiger partial charge in [0, 0.05) is 12.1 Å². The third kappa shape index (κ3) is 3.98. The van der Waals surface area contributed by atoms with Crippen molar-refractivity contribution in [3.63, 3.8) is 0 Å². The van der Waals surface area contributed by atoms with Crippen molar-refractivity contribution in [2.24, 2.45) is 33.3 Å². The maximum atomic E-state index is 12.6. The van der Waals surface area contributed by atoms with E-state index in [1.165, 1.54) is 6.07 Å². The molecule has 0 saturated heterocycles. The smallest absolute Gasteiger partial charge is 0.243 e. The molecule has 3 aromatic rings. The number of rotatable bonds is 7. The predicted octanol–water partition coefficient (Wildman–Crippen LogP) is -1.02. The van der Waals surface area contributed by atoms with Crippen LogP contribution in [0.25, 0.3) is 22.2 Å². The number of nitrogens with one attached hydrogen (secondary N) is 1. The van der Waals surface area contributed by atoms with E-state index in [1.807, 2.05) is 0 Å². The Morgan fingerprint density at radius 2 is 1.93 bits per heavy atom. The molecule has 3 rings (SSSR count). The predicted molar refractivity (Wildman–Crippen MR) is 116 cm³/mol. The Morgan fingerprint density at radius 1 is 1.20 bits per heavy atom. The molecule has 0 bridgehead atoms. The minimum Gasteiger partial charge on any atom is -0.611 e. The van der Waals surface area contributed by atoms with Crippen LogP contribution in [0.1, 0.15) is 11.4 Å². The normalized spacial score (nSPS) is 13.7. The summed E-state index contributed by atoms with van der Waals surface area (Å²) in [5, 5.41) is 8.96. The zero-order chi connectivity index (χ0) is 22.1. The second-order valence-corrected chi connectivity index (χ2v) is 9.34. The van der Waals surface area contributed by atoms with Gasteiger partial charge in [0.15, 0.2) is 10.7 Å². The van der Waals surface area contributed by atoms with Gasteiger partial charge in [0.25, 0.3) is 0 Å². The first-order chi connectivity index (χ1) is 14.2. The van der Waals surface area contributed by atoms with E-state index in [-0.39, 0.29) is 35.1 Å². The van der Waals surface area contributed by atoms with Gasteiger partial charge in [-0.15, -0.1) is 0 Å². The molecule has 1 aromatic heterocycles. The van der Waals surface area contributed by atoms with Crippen LogP contribution in [0.3, 0.4) is 0 Å². The lowest BCUT2D eigenvalue weighted by Gasteiger charge is -2.18. The van der Waals surface area contributed by atoms with Crippen molar-refractivity contribution in [1.82, 2.24) is 9.97 Å². The first-order valence-electron chi connectivity index (χ1n) is 8.73. The van der Waals surface area contributed by atoms with Gasteiger partial charge in [-0.3, -0.25) is 0 Å². The van der Waals surface area contributed by atoms with Crippen LogP contribution < -0.4 is 28.2 Å². The Balaban J connectivity index is 2.44. The molecular weight excluding hydrogens is 428 g/mol. The Labute approximate surface area is 175 Å². The molecule has 0 radical (unpaired) electrons. The molecule has 0 spiro atoms. The van der Waals surface area contributed by atoms with Gasteiger partial charge in [-0.25, -0.2) is 18.5 Å². The van der Waals surface area contributed by atoms with Gasteiger partial charge in [0.1, 0.15) is 16.5 Å². The zero-order valence-corrected chi connectivity index (χ0v) is 17.5. The third-order valence-electron chi connectivity index (χ3n) is 4.40. The van der Waals surface area contributed by atoms with E-state index in [9.17, 15) is 13.0 Å². The van der Waals surface area contributed by atoms with Crippen LogP contribution in [0.2, 0.25) is 0 Å². The number of amidine groups is 1. The summed E-state index contributed by atoms with van der Waals surface area (Å²) < 4.78 is 37.7. The van der Waals surface area contributed by atoms with Crippen LogP contribution in [0.5, 0.6) is 0 Å². The number of hydrogen-bond donors (Lipinski definition) is 6. The molecule has 0 aliphatic rings. The number of para-hydroxylation sites is 1. The highest BCUT2D eigenvalue weighted by molar-refractivity contribution is 7.93. The molecular formula is C17H22N8O3S2. The van der Waals surface area contributed by atoms with Crippen LogP contribution in [0.15, 0.2) is 45.2 Å². The van der Waals surface area contributed by atoms with E-state index in [0.29, 0.717) is 28.0 Å². The average Bonchev–Trinajstić information content (AvgIpc) is 3.15. The topological polar surface area (TPSA) is 228 Å². The first-order valence-corrected chi connectivity index (χ1v) is 11.6. The van der Waals surface area contributed by atoms with Crippen LogP contribution in [0.4, 0.5) is 0 Å². The monoisotopic (exact) mass is 450 g/mol. The number of fused-ring (bicyclic) bond motifs is 1. The van der Waals surface area contributed by atoms with Crippen molar-refractivity contribution in [2.75, 3.05) is 12.3 Å². The van der Waals surface area contributed by atoms with Crippen molar-refractivity contribution < 1.29 is 13.0 Å². The number of H-pyrrole nitrogens is 1. The lowest BCUT2D eigenvalue weighted by Crippen LogP contribution is -2.27. The summed E-state index contributed by atoms with van der Waals surface area (Å²) in [7, 11) is -4.36. The largest absolute Gasteiger partial charge is 0.611 e. The Hall–Kier alpha value is -2.68. The number of imidazole rings is 1. The van der Waals surface area contributed by atoms with Crippen molar-refractivity contribution in [3.8, 4) is 11.1 Å². The number of aromatic amines is 1. The molecule has 1 atom stereocenters. The van der Waals surface area contributed by atoms with E-state index in [4.69, 9.17) is 28.2 Å². The molecule has 1 heterocycles. The van der Waals surface area contributed by atoms with E-state index in [1.54, 1.807) is 24.3 Å². The fraction of sp³-hybridized carbons (Fsp3) is 0.176. The lowest BCUT2D eigenvalue weighted by atomic mass is 9.97. The molecule has 11 nitrogen and oxygen atoms in total. The maximum Gasteiger partial charge on any atom is 0.243 e. The molecule has 2 aromatic carbocycles. The van der Waals surface area contributed by atoms with Gasteiger partial charge >= 0.3 is 0 Å². The molecule has 1 unspecified atom stereocenters. The van der Waals surface area contributed by atoms with Crippen molar-refractivity contribution in [2.45, 2.75) is 16.3 Å². The second-order valence-electron chi connectivity index (χ2n) is 6.30. The Bertz CT molecular complexity index is 1220. The molecule has 11 N–H and O–H groups in total. The minimum absolute atomic E-state index is 0.0230. The maximum absolute atomic E-state index is 12.6. The summed E-state index contributed by atoms with van der Waals surface area (Å²) in [4.78, 5) is 7.11. The minimum atomic E-state index is -4.36. The number of nitrogens with zero attached hydrogens (tertiary/aromatic N) is 2. The third-order valence-corrected chi connectivity index (χ3v) is 6.95. The number of nitrogens with two attached hydrogens (primary N) is 5. The lowest BCUT2D eigenvalue weighted by molar-refractivity contribution is 0.583. The summed E-state index contributed by atoms with van der Waals surface area (Å²) in [5.74, 6) is 5.68. The summed E-state index contributed by atoms with van der Waals surface area (Å²) in [5.41, 5.74) is 19.2. The number of aromatic nitrogens is 2. The van der Waals surface area contributed by atoms with Crippen LogP contribution in [-0.4, -0.2) is 41.1 Å². The standard InChI is InChI=1S/C17H22N8O3S2/c18-6-7-29(26)12-5-4-9(14(17(20)25-21)16(12)30(22,27)28)10-2-1-3-11-15(10)24-13(8-19)23-11/h1-5H,6-8,18-19,21H2,(H2,20,25)(H,23,24)(H2,22,27,28). The molecule has 0 aliphatic carbocycles. The molecule has 160 valence electrons. The van der Waals surface area contributed by atoms with E-state index in [0.717, 1.165) is 0 Å². The quantitative estimate of drug-likeness (QED) is 0.0855. The highest BCUT2D eigenvalue weighted by Gasteiger charge is 2.31. The number of hydrogen-bond acceptors (Lipinski definition) is 8. The van der Waals surface area contributed by atoms with Crippen LogP contribution >= 0.6 is 0 Å². The van der Waals surface area contributed by atoms with E-state index in [2.05, 4.69) is 15.1 Å². The summed E-state index contributed by atoms with van der Waals surface area (Å²) >= 11 is -1.73. The van der Waals surface area contributed by atoms with Gasteiger partial charge in [0.2, 0.25) is 10.0 Å². The summed E-state index contributed by atoms with van der Waals surface area (Å²) in [6.45, 7) is 0.273. The number of sulfonamides is 1. The number of primary sulfonamides is 1. The first kappa shape index (κ1) is 22.0. The fourth-order valence-corrected chi connectivity index (χ4v) is 5.62. The summed E-state index contributed by atoms with van der Waals surface area (Å²) in [6.07, 6.45) is 0. The van der Waals surface area contributed by atoms with Gasteiger partial charge in [-0.05, 0) is 34.9 Å². The highest BCUT2D eigenvalue weighted by atomic mass is 32.2. The van der Waals surface area contributed by atoms with Crippen molar-refractivity contribution >= 4 is 38.1 Å². The molecule has 0 fully saturated rings. The fourth-order valence-electron chi connectivity index (χ4n) is 3.18. The van der Waals surface area contributed by atoms with Gasteiger partial charge in [-0.2, -0.15) is 5.10 Å². The van der Waals surface area contributed by atoms with Gasteiger partial charge in [-0.1, -0.05) is 12.1 Å². The van der Waals surface area contributed by atoms with Crippen LogP contribution in [-0.2, 0) is 27.7 Å². The summed E-state index contributed by atoms with van der Waals surface area (Å²) in [6, 6.07) is 8.29. The Morgan fingerprint density at radius 3 is 2.53 bits per heavy atom. The van der Waals surface area contributed by atoms with Gasteiger partial charge in [0.05, 0.1) is 23.1 Å². The number of hydrazone groups is 1. The average molecular weight is 451 g/mol. The molecule has 0 aliphatic heterocycles. The molecule has 13 heteroatoms. The SMILES string of the molecule is NCC[S+]([O-])c1ccc(-c2cccc3[nH]c(CN)nc23)c(/C(N)=N/N)c1S(N)(=O)=O. The van der Waals surface area contributed by atoms with E-state index < -0.39 is 26.1 Å². The Kier molecular flexibility index (Phi) is 6.30. The molecule has 0 saturated carbocycles. The van der Waals surface area contributed by atoms with Crippen molar-refractivity contribution in [1.29, 1.82) is 0 Å².